The zero-order valence-corrected chi connectivity index (χ0v) is 20.4. The summed E-state index contributed by atoms with van der Waals surface area (Å²) in [5.74, 6) is -0.490. The van der Waals surface area contributed by atoms with Gasteiger partial charge < -0.3 is 14.9 Å². The number of aromatic nitrogens is 2. The van der Waals surface area contributed by atoms with E-state index in [2.05, 4.69) is 5.10 Å². The van der Waals surface area contributed by atoms with Gasteiger partial charge in [0.15, 0.2) is 5.69 Å². The Balaban J connectivity index is 1.33. The van der Waals surface area contributed by atoms with E-state index in [9.17, 15) is 27.9 Å². The van der Waals surface area contributed by atoms with Crippen molar-refractivity contribution in [3.05, 3.63) is 34.1 Å². The van der Waals surface area contributed by atoms with E-state index in [0.717, 1.165) is 49.1 Å². The summed E-state index contributed by atoms with van der Waals surface area (Å²) in [6.07, 6.45) is 1.24. The number of hydrogen-bond acceptors (Lipinski definition) is 4. The Morgan fingerprint density at radius 3 is 2.36 bits per heavy atom. The van der Waals surface area contributed by atoms with Gasteiger partial charge in [-0.1, -0.05) is 11.6 Å². The lowest BCUT2D eigenvalue weighted by atomic mass is 9.90. The molecule has 2 aromatic rings. The summed E-state index contributed by atoms with van der Waals surface area (Å²) in [6.45, 7) is 0.239. The molecule has 1 atom stereocenters. The van der Waals surface area contributed by atoms with E-state index in [1.165, 1.54) is 4.90 Å². The van der Waals surface area contributed by atoms with Crippen LogP contribution in [-0.2, 0) is 11.0 Å². The lowest BCUT2D eigenvalue weighted by Gasteiger charge is -2.45. The second kappa shape index (κ2) is 8.62. The largest absolute Gasteiger partial charge is 0.433 e. The van der Waals surface area contributed by atoms with Gasteiger partial charge in [0, 0.05) is 12.6 Å². The summed E-state index contributed by atoms with van der Waals surface area (Å²) in [5, 5.41) is 13.8. The molecule has 1 saturated heterocycles. The number of hydrogen-bond donors (Lipinski definition) is 1. The van der Waals surface area contributed by atoms with E-state index in [1.807, 2.05) is 4.90 Å². The van der Waals surface area contributed by atoms with Crippen LogP contribution in [0.1, 0.15) is 79.0 Å². The number of pyridine rings is 1. The highest BCUT2D eigenvalue weighted by molar-refractivity contribution is 6.36. The highest BCUT2D eigenvalue weighted by Crippen LogP contribution is 2.44. The molecule has 2 aromatic heterocycles. The number of fused-ring (bicyclic) bond motifs is 1. The summed E-state index contributed by atoms with van der Waals surface area (Å²) < 4.78 is 42.4. The molecule has 1 N–H and O–H groups in total. The van der Waals surface area contributed by atoms with Gasteiger partial charge in [-0.3, -0.25) is 9.59 Å². The van der Waals surface area contributed by atoms with Crippen LogP contribution in [0.25, 0.3) is 5.52 Å². The number of aliphatic hydroxyl groups excluding tert-OH is 1. The zero-order valence-electron chi connectivity index (χ0n) is 19.7. The highest BCUT2D eigenvalue weighted by atomic mass is 35.5. The van der Waals surface area contributed by atoms with E-state index < -0.39 is 17.8 Å². The van der Waals surface area contributed by atoms with Crippen molar-refractivity contribution in [3.8, 4) is 0 Å². The molecule has 11 heteroatoms. The van der Waals surface area contributed by atoms with Crippen LogP contribution in [0.4, 0.5) is 13.2 Å². The number of carbonyl (C=O) groups is 2. The van der Waals surface area contributed by atoms with Gasteiger partial charge in [-0.25, -0.2) is 4.52 Å². The molecular formula is C25H28ClF3N4O3. The standard InChI is InChI=1S/C25H28ClF3N4O3/c26-22-18-9-15(13-1-2-13)10-20(25(27,28)29)33(18)30-23(22)24(36)32-12-21(35)31(11-19(32)14-3-4-14)16-5-7-17(34)8-6-16/h9-10,13-14,16-17,19,34H,1-8,11-12H2. The second-order valence-corrected chi connectivity index (χ2v) is 11.1. The Labute approximate surface area is 211 Å². The van der Waals surface area contributed by atoms with Gasteiger partial charge in [-0.2, -0.15) is 18.3 Å². The first kappa shape index (κ1) is 24.0. The quantitative estimate of drug-likeness (QED) is 0.648. The SMILES string of the molecule is O=C1CN(C(=O)c2nn3c(C(F)(F)F)cc(C4CC4)cc3c2Cl)C(C2CC2)CN1C1CCC(O)CC1. The molecule has 3 aliphatic carbocycles. The van der Waals surface area contributed by atoms with Gasteiger partial charge in [-0.15, -0.1) is 0 Å². The molecule has 36 heavy (non-hydrogen) atoms. The van der Waals surface area contributed by atoms with Crippen molar-refractivity contribution in [1.82, 2.24) is 19.4 Å². The van der Waals surface area contributed by atoms with E-state index in [1.54, 1.807) is 6.07 Å². The van der Waals surface area contributed by atoms with Crippen molar-refractivity contribution in [1.29, 1.82) is 0 Å². The number of piperazine rings is 1. The van der Waals surface area contributed by atoms with Crippen LogP contribution in [0.5, 0.6) is 0 Å². The molecule has 7 nitrogen and oxygen atoms in total. The first-order valence-electron chi connectivity index (χ1n) is 12.7. The third-order valence-corrected chi connectivity index (χ3v) is 8.55. The summed E-state index contributed by atoms with van der Waals surface area (Å²) >= 11 is 6.52. The Hall–Kier alpha value is -2.33. The van der Waals surface area contributed by atoms with Crippen LogP contribution < -0.4 is 0 Å². The Morgan fingerprint density at radius 1 is 1.06 bits per heavy atom. The molecule has 3 saturated carbocycles. The molecule has 6 rings (SSSR count). The molecule has 4 aliphatic rings. The number of aliphatic hydroxyl groups is 1. The molecule has 0 aromatic carbocycles. The lowest BCUT2D eigenvalue weighted by molar-refractivity contribution is -0.142. The molecule has 1 aliphatic heterocycles. The molecule has 0 radical (unpaired) electrons. The number of rotatable bonds is 4. The lowest BCUT2D eigenvalue weighted by Crippen LogP contribution is -2.61. The number of nitrogens with zero attached hydrogens (tertiary/aromatic N) is 4. The van der Waals surface area contributed by atoms with E-state index in [0.29, 0.717) is 24.9 Å². The molecule has 2 amide bonds. The van der Waals surface area contributed by atoms with Crippen molar-refractivity contribution in [3.63, 3.8) is 0 Å². The first-order chi connectivity index (χ1) is 17.1. The predicted molar refractivity (Wildman–Crippen MR) is 125 cm³/mol. The summed E-state index contributed by atoms with van der Waals surface area (Å²) in [4.78, 5) is 30.1. The van der Waals surface area contributed by atoms with Crippen molar-refractivity contribution < 1.29 is 27.9 Å². The minimum atomic E-state index is -4.66. The molecule has 3 heterocycles. The minimum absolute atomic E-state index is 0.0355. The summed E-state index contributed by atoms with van der Waals surface area (Å²) in [6, 6.07) is 2.50. The number of carbonyl (C=O) groups excluding carboxylic acids is 2. The number of alkyl halides is 3. The van der Waals surface area contributed by atoms with Crippen LogP contribution >= 0.6 is 11.6 Å². The first-order valence-corrected chi connectivity index (χ1v) is 13.1. The maximum Gasteiger partial charge on any atom is 0.433 e. The van der Waals surface area contributed by atoms with Crippen LogP contribution in [-0.4, -0.2) is 67.6 Å². The third kappa shape index (κ3) is 4.26. The zero-order chi connectivity index (χ0) is 25.4. The summed E-state index contributed by atoms with van der Waals surface area (Å²) in [5.41, 5.74) is -0.594. The monoisotopic (exact) mass is 524 g/mol. The van der Waals surface area contributed by atoms with Crippen molar-refractivity contribution in [2.75, 3.05) is 13.1 Å². The number of amides is 2. The van der Waals surface area contributed by atoms with Crippen molar-refractivity contribution in [2.45, 2.75) is 81.6 Å². The van der Waals surface area contributed by atoms with Crippen molar-refractivity contribution in [2.24, 2.45) is 5.92 Å². The van der Waals surface area contributed by atoms with E-state index in [4.69, 9.17) is 11.6 Å². The van der Waals surface area contributed by atoms with Crippen LogP contribution in [0, 0.1) is 5.92 Å². The fourth-order valence-corrected chi connectivity index (χ4v) is 6.10. The average Bonchev–Trinajstić information content (AvgIpc) is 3.75. The minimum Gasteiger partial charge on any atom is -0.393 e. The fraction of sp³-hybridized carbons (Fsp3) is 0.640. The smallest absolute Gasteiger partial charge is 0.393 e. The summed E-state index contributed by atoms with van der Waals surface area (Å²) in [7, 11) is 0. The van der Waals surface area contributed by atoms with Gasteiger partial charge in [0.25, 0.3) is 5.91 Å². The van der Waals surface area contributed by atoms with Gasteiger partial charge in [-0.05, 0) is 80.9 Å². The Morgan fingerprint density at radius 2 is 1.75 bits per heavy atom. The normalized spacial score (nSPS) is 27.7. The predicted octanol–water partition coefficient (Wildman–Crippen LogP) is 4.25. The van der Waals surface area contributed by atoms with Gasteiger partial charge in [0.2, 0.25) is 5.91 Å². The molecule has 1 unspecified atom stereocenters. The van der Waals surface area contributed by atoms with Gasteiger partial charge in [0.05, 0.1) is 22.7 Å². The van der Waals surface area contributed by atoms with Gasteiger partial charge in [0.1, 0.15) is 12.2 Å². The third-order valence-electron chi connectivity index (χ3n) is 8.18. The molecule has 0 spiro atoms. The molecule has 0 bridgehead atoms. The van der Waals surface area contributed by atoms with E-state index >= 15 is 0 Å². The van der Waals surface area contributed by atoms with Crippen LogP contribution in [0.15, 0.2) is 12.1 Å². The molecule has 4 fully saturated rings. The maximum absolute atomic E-state index is 13.9. The fourth-order valence-electron chi connectivity index (χ4n) is 5.85. The van der Waals surface area contributed by atoms with Gasteiger partial charge >= 0.3 is 6.18 Å². The highest BCUT2D eigenvalue weighted by Gasteiger charge is 2.46. The van der Waals surface area contributed by atoms with Crippen LogP contribution in [0.3, 0.4) is 0 Å². The van der Waals surface area contributed by atoms with E-state index in [-0.39, 0.29) is 58.7 Å². The maximum atomic E-state index is 13.9. The van der Waals surface area contributed by atoms with Crippen molar-refractivity contribution >= 4 is 28.9 Å². The average molecular weight is 525 g/mol. The molecule has 194 valence electrons. The van der Waals surface area contributed by atoms with Crippen LogP contribution in [0.2, 0.25) is 5.02 Å². The molecular weight excluding hydrogens is 497 g/mol. The number of halogens is 4. The Kier molecular flexibility index (Phi) is 5.75. The Bertz CT molecular complexity index is 1220. The second-order valence-electron chi connectivity index (χ2n) is 10.8. The topological polar surface area (TPSA) is 78.2 Å².